The van der Waals surface area contributed by atoms with E-state index in [1.165, 1.54) is 114 Å². The fourth-order valence-corrected chi connectivity index (χ4v) is 3.60. The summed E-state index contributed by atoms with van der Waals surface area (Å²) in [6, 6.07) is 0. The number of carbonyl (C=O) groups excluding carboxylic acids is 1. The van der Waals surface area contributed by atoms with Crippen molar-refractivity contribution in [3.63, 3.8) is 0 Å². The first kappa shape index (κ1) is 29.4. The van der Waals surface area contributed by atoms with Crippen LogP contribution >= 0.6 is 0 Å². The molecule has 0 bridgehead atoms. The molecule has 3 heteroatoms. The van der Waals surface area contributed by atoms with Crippen LogP contribution in [0.25, 0.3) is 0 Å². The van der Waals surface area contributed by atoms with Crippen molar-refractivity contribution in [2.24, 2.45) is 0 Å². The van der Waals surface area contributed by atoms with Crippen LogP contribution in [-0.4, -0.2) is 27.7 Å². The van der Waals surface area contributed by atoms with Crippen molar-refractivity contribution in [3.05, 3.63) is 0 Å². The molecule has 0 aromatic carbocycles. The predicted molar refractivity (Wildman–Crippen MR) is 119 cm³/mol. The Morgan fingerprint density at radius 2 is 0.852 bits per heavy atom. The summed E-state index contributed by atoms with van der Waals surface area (Å²) in [6.45, 7) is 4.51. The van der Waals surface area contributed by atoms with Crippen molar-refractivity contribution in [1.29, 1.82) is 0 Å². The molecule has 0 aliphatic carbocycles. The van der Waals surface area contributed by atoms with Crippen LogP contribution in [0, 0.1) is 0 Å². The minimum absolute atomic E-state index is 0.232. The van der Waals surface area contributed by atoms with E-state index in [9.17, 15) is 9.90 Å². The predicted octanol–water partition coefficient (Wildman–Crippen LogP) is 7.15. The van der Waals surface area contributed by atoms with Gasteiger partial charge in [0.2, 0.25) is 0 Å². The number of aliphatic carboxylic acids is 1. The normalized spacial score (nSPS) is 10.5. The van der Waals surface area contributed by atoms with Gasteiger partial charge in [0.15, 0.2) is 0 Å². The first-order valence-corrected chi connectivity index (χ1v) is 13.2. The van der Waals surface area contributed by atoms with Gasteiger partial charge < -0.3 is 9.90 Å². The molecule has 0 amide bonds. The molecule has 0 heterocycles. The number of carboxylic acids is 1. The summed E-state index contributed by atoms with van der Waals surface area (Å²) in [6.07, 6.45) is 25.8. The molecule has 0 aliphatic heterocycles. The van der Waals surface area contributed by atoms with Crippen LogP contribution in [0.1, 0.15) is 142 Å². The Balaban J connectivity index is 0. The summed E-state index contributed by atoms with van der Waals surface area (Å²) < 4.78 is 1.40. The van der Waals surface area contributed by atoms with Crippen molar-refractivity contribution in [2.75, 3.05) is 0 Å². The third-order valence-electron chi connectivity index (χ3n) is 5.09. The molecule has 0 saturated carbocycles. The third-order valence-corrected chi connectivity index (χ3v) is 5.59. The van der Waals surface area contributed by atoms with Crippen LogP contribution in [0.15, 0.2) is 0 Å². The van der Waals surface area contributed by atoms with Gasteiger partial charge in [-0.3, -0.25) is 0 Å². The molecule has 0 radical (unpaired) electrons. The van der Waals surface area contributed by atoms with E-state index in [4.69, 9.17) is 0 Å². The van der Waals surface area contributed by atoms with Gasteiger partial charge in [-0.25, -0.2) is 0 Å². The number of carbonyl (C=O) groups is 1. The van der Waals surface area contributed by atoms with E-state index in [2.05, 4.69) is 35.6 Å². The Kier molecular flexibility index (Phi) is 31.0. The summed E-state index contributed by atoms with van der Waals surface area (Å²) >= 11 is 2.11. The monoisotopic (exact) mass is 392 g/mol. The van der Waals surface area contributed by atoms with Gasteiger partial charge in [0.25, 0.3) is 0 Å². The van der Waals surface area contributed by atoms with Crippen molar-refractivity contribution in [3.8, 4) is 0 Å². The summed E-state index contributed by atoms with van der Waals surface area (Å²) in [7, 11) is 0. The minimum atomic E-state index is -0.909. The van der Waals surface area contributed by atoms with Gasteiger partial charge >= 0.3 is 97.4 Å². The van der Waals surface area contributed by atoms with Gasteiger partial charge in [-0.15, -0.1) is 0 Å². The van der Waals surface area contributed by atoms with E-state index in [0.29, 0.717) is 0 Å². The van der Waals surface area contributed by atoms with Crippen molar-refractivity contribution < 1.29 is 9.90 Å². The second-order valence-corrected chi connectivity index (χ2v) is 8.69. The van der Waals surface area contributed by atoms with Crippen LogP contribution in [0.4, 0.5) is 0 Å². The second-order valence-electron chi connectivity index (χ2n) is 7.99. The molecule has 0 N–H and O–H groups in total. The summed E-state index contributed by atoms with van der Waals surface area (Å²) in [5, 5.41) is 10.1. The van der Waals surface area contributed by atoms with E-state index in [1.54, 1.807) is 0 Å². The molecule has 0 aromatic rings. The number of unbranched alkanes of at least 4 members (excludes halogenated alkanes) is 17. The molecule has 2 nitrogen and oxygen atoms in total. The standard InChI is InChI=1S/C12H24O2.C12H25.Mg/c1-2-3-4-5-6-7-8-9-10-11-12(13)14;1-3-5-7-9-11-12-10-8-6-4-2;/h2-11H2,1H3,(H,13,14);1,3-12H2,2H3;/q;;+1/p-1. The maximum absolute atomic E-state index is 10.1. The molecular formula is C24H48MgO2. The second kappa shape index (κ2) is 28.4. The number of hydrogen-bond acceptors (Lipinski definition) is 2. The van der Waals surface area contributed by atoms with Crippen LogP contribution < -0.4 is 5.11 Å². The topological polar surface area (TPSA) is 40.1 Å². The zero-order chi connectivity index (χ0) is 20.4. The number of carboxylic acid groups (broad SMARTS) is 1. The number of hydrogen-bond donors (Lipinski definition) is 0. The molecule has 0 atom stereocenters. The van der Waals surface area contributed by atoms with Gasteiger partial charge in [0.05, 0.1) is 0 Å². The van der Waals surface area contributed by atoms with Gasteiger partial charge in [-0.1, -0.05) is 58.3 Å². The van der Waals surface area contributed by atoms with Crippen LogP contribution in [0.2, 0.25) is 4.55 Å². The fourth-order valence-electron chi connectivity index (χ4n) is 3.24. The average molecular weight is 393 g/mol. The molecule has 0 aromatic heterocycles. The average Bonchev–Trinajstić information content (AvgIpc) is 2.66. The van der Waals surface area contributed by atoms with E-state index in [-0.39, 0.29) is 6.42 Å². The van der Waals surface area contributed by atoms with E-state index in [0.717, 1.165) is 12.8 Å². The Hall–Kier alpha value is 0.236. The third kappa shape index (κ3) is 34.2. The van der Waals surface area contributed by atoms with Gasteiger partial charge in [0.1, 0.15) is 0 Å². The molecule has 0 saturated heterocycles. The van der Waals surface area contributed by atoms with Gasteiger partial charge in [-0.05, 0) is 12.8 Å². The van der Waals surface area contributed by atoms with E-state index < -0.39 is 5.97 Å². The Morgan fingerprint density at radius 3 is 1.15 bits per heavy atom. The fraction of sp³-hybridized carbons (Fsp3) is 0.958. The van der Waals surface area contributed by atoms with Crippen LogP contribution in [-0.2, 0) is 4.79 Å². The zero-order valence-electron chi connectivity index (χ0n) is 18.9. The van der Waals surface area contributed by atoms with E-state index >= 15 is 0 Å². The molecule has 158 valence electrons. The van der Waals surface area contributed by atoms with Crippen molar-refractivity contribution in [1.82, 2.24) is 0 Å². The number of rotatable bonds is 20. The molecule has 0 rings (SSSR count). The Morgan fingerprint density at radius 1 is 0.556 bits per heavy atom. The molecule has 0 aliphatic rings. The maximum atomic E-state index is 10.1. The van der Waals surface area contributed by atoms with Crippen molar-refractivity contribution >= 4 is 27.7 Å². The van der Waals surface area contributed by atoms with Crippen LogP contribution in [0.3, 0.4) is 0 Å². The summed E-state index contributed by atoms with van der Waals surface area (Å²) in [5.41, 5.74) is 0. The summed E-state index contributed by atoms with van der Waals surface area (Å²) in [4.78, 5) is 10.1. The first-order chi connectivity index (χ1) is 13.2. The zero-order valence-corrected chi connectivity index (χ0v) is 20.3. The molecular weight excluding hydrogens is 345 g/mol. The Labute approximate surface area is 184 Å². The van der Waals surface area contributed by atoms with Crippen molar-refractivity contribution in [2.45, 2.75) is 147 Å². The molecule has 27 heavy (non-hydrogen) atoms. The van der Waals surface area contributed by atoms with E-state index in [1.807, 2.05) is 0 Å². The molecule has 0 spiro atoms. The van der Waals surface area contributed by atoms with Gasteiger partial charge in [0, 0.05) is 5.97 Å². The molecule has 0 unspecified atom stereocenters. The SMILES string of the molecule is CCCCCCCCCCCC(=O)[O-].CCCCCCCCCCC[CH2][Mg+]. The van der Waals surface area contributed by atoms with Gasteiger partial charge in [-0.2, -0.15) is 0 Å². The Bertz CT molecular complexity index is 259. The summed E-state index contributed by atoms with van der Waals surface area (Å²) in [5.74, 6) is -0.909. The molecule has 0 fully saturated rings. The quantitative estimate of drug-likeness (QED) is 0.163. The first-order valence-electron chi connectivity index (χ1n) is 12.2. The van der Waals surface area contributed by atoms with Crippen LogP contribution in [0.5, 0.6) is 0 Å².